The molecule has 2 rings (SSSR count). The maximum atomic E-state index is 13.0. The van der Waals surface area contributed by atoms with Gasteiger partial charge in [0.05, 0.1) is 11.3 Å². The fraction of sp³-hybridized carbons (Fsp3) is 0.200. The number of carboxylic acid groups (broad SMARTS) is 1. The maximum Gasteiger partial charge on any atom is 0.419 e. The van der Waals surface area contributed by atoms with Crippen molar-refractivity contribution in [2.75, 3.05) is 0 Å². The van der Waals surface area contributed by atoms with Gasteiger partial charge < -0.3 is 9.84 Å². The van der Waals surface area contributed by atoms with Crippen molar-refractivity contribution in [3.05, 3.63) is 58.9 Å². The second-order valence-electron chi connectivity index (χ2n) is 4.61. The zero-order valence-electron chi connectivity index (χ0n) is 11.5. The number of aryl methyl sites for hydroxylation is 1. The highest BCUT2D eigenvalue weighted by Gasteiger charge is 2.34. The fourth-order valence-electron chi connectivity index (χ4n) is 1.82. The molecule has 2 aromatic rings. The number of alkyl halides is 3. The van der Waals surface area contributed by atoms with E-state index in [1.807, 2.05) is 0 Å². The first-order valence-electron chi connectivity index (χ1n) is 6.27. The predicted molar refractivity (Wildman–Crippen MR) is 71.7 cm³/mol. The van der Waals surface area contributed by atoms with Crippen LogP contribution in [0.1, 0.15) is 27.3 Å². The minimum absolute atomic E-state index is 0.193. The van der Waals surface area contributed by atoms with E-state index < -0.39 is 17.7 Å². The van der Waals surface area contributed by atoms with Crippen molar-refractivity contribution in [1.82, 2.24) is 4.98 Å². The summed E-state index contributed by atoms with van der Waals surface area (Å²) in [5, 5.41) is 8.82. The zero-order valence-corrected chi connectivity index (χ0v) is 11.5. The Labute approximate surface area is 124 Å². The minimum atomic E-state index is -4.53. The molecule has 22 heavy (non-hydrogen) atoms. The quantitative estimate of drug-likeness (QED) is 0.935. The van der Waals surface area contributed by atoms with E-state index in [2.05, 4.69) is 4.98 Å². The summed E-state index contributed by atoms with van der Waals surface area (Å²) < 4.78 is 44.0. The Morgan fingerprint density at radius 1 is 1.27 bits per heavy atom. The Morgan fingerprint density at radius 3 is 2.64 bits per heavy atom. The van der Waals surface area contributed by atoms with Crippen molar-refractivity contribution in [3.63, 3.8) is 0 Å². The average molecular weight is 311 g/mol. The first-order valence-corrected chi connectivity index (χ1v) is 6.27. The summed E-state index contributed by atoms with van der Waals surface area (Å²) in [7, 11) is 0. The number of aromatic nitrogens is 1. The van der Waals surface area contributed by atoms with Crippen molar-refractivity contribution in [2.24, 2.45) is 0 Å². The number of rotatable bonds is 4. The number of hydrogen-bond donors (Lipinski definition) is 1. The van der Waals surface area contributed by atoms with Gasteiger partial charge in [-0.3, -0.25) is 0 Å². The molecule has 0 unspecified atom stereocenters. The third kappa shape index (κ3) is 3.75. The topological polar surface area (TPSA) is 59.4 Å². The SMILES string of the molecule is Cc1ccc(OCc2cccc(C(=O)O)n2)c(C(F)(F)F)c1. The highest BCUT2D eigenvalue weighted by Crippen LogP contribution is 2.37. The van der Waals surface area contributed by atoms with Gasteiger partial charge in [-0.15, -0.1) is 0 Å². The van der Waals surface area contributed by atoms with Crippen molar-refractivity contribution in [1.29, 1.82) is 0 Å². The first-order chi connectivity index (χ1) is 10.3. The van der Waals surface area contributed by atoms with Crippen LogP contribution in [0.2, 0.25) is 0 Å². The predicted octanol–water partition coefficient (Wildman–Crippen LogP) is 3.69. The number of carboxylic acids is 1. The molecule has 0 aliphatic carbocycles. The molecule has 0 bridgehead atoms. The van der Waals surface area contributed by atoms with Gasteiger partial charge in [0.25, 0.3) is 0 Å². The van der Waals surface area contributed by atoms with E-state index in [1.165, 1.54) is 30.3 Å². The molecule has 0 atom stereocenters. The second-order valence-corrected chi connectivity index (χ2v) is 4.61. The van der Waals surface area contributed by atoms with Gasteiger partial charge in [0.2, 0.25) is 0 Å². The molecular formula is C15H12F3NO3. The Balaban J connectivity index is 2.22. The number of ether oxygens (including phenoxy) is 1. The average Bonchev–Trinajstić information content (AvgIpc) is 2.45. The number of nitrogens with zero attached hydrogens (tertiary/aromatic N) is 1. The van der Waals surface area contributed by atoms with E-state index in [1.54, 1.807) is 6.92 Å². The number of pyridine rings is 1. The summed E-state index contributed by atoms with van der Waals surface area (Å²) in [5.74, 6) is -1.53. The molecule has 7 heteroatoms. The lowest BCUT2D eigenvalue weighted by Gasteiger charge is -2.14. The van der Waals surface area contributed by atoms with Crippen LogP contribution in [-0.4, -0.2) is 16.1 Å². The van der Waals surface area contributed by atoms with Gasteiger partial charge in [-0.1, -0.05) is 17.7 Å². The van der Waals surface area contributed by atoms with Crippen LogP contribution in [0, 0.1) is 6.92 Å². The van der Waals surface area contributed by atoms with Crippen LogP contribution in [0.4, 0.5) is 13.2 Å². The summed E-state index contributed by atoms with van der Waals surface area (Å²) >= 11 is 0. The Morgan fingerprint density at radius 2 is 2.00 bits per heavy atom. The summed E-state index contributed by atoms with van der Waals surface area (Å²) in [5.41, 5.74) is -0.373. The fourth-order valence-corrected chi connectivity index (χ4v) is 1.82. The van der Waals surface area contributed by atoms with Gasteiger partial charge in [0.15, 0.2) is 0 Å². The monoisotopic (exact) mass is 311 g/mol. The lowest BCUT2D eigenvalue weighted by Crippen LogP contribution is -2.10. The Kier molecular flexibility index (Phi) is 4.35. The number of halogens is 3. The molecule has 1 heterocycles. The van der Waals surface area contributed by atoms with Crippen LogP contribution < -0.4 is 4.74 Å². The van der Waals surface area contributed by atoms with Crippen LogP contribution in [0.15, 0.2) is 36.4 Å². The number of hydrogen-bond acceptors (Lipinski definition) is 3. The van der Waals surface area contributed by atoms with Gasteiger partial charge in [-0.05, 0) is 31.2 Å². The van der Waals surface area contributed by atoms with Crippen molar-refractivity contribution in [2.45, 2.75) is 19.7 Å². The molecule has 1 aromatic heterocycles. The van der Waals surface area contributed by atoms with Gasteiger partial charge >= 0.3 is 12.1 Å². The van der Waals surface area contributed by atoms with E-state index in [9.17, 15) is 18.0 Å². The van der Waals surface area contributed by atoms with Gasteiger partial charge in [-0.25, -0.2) is 9.78 Å². The molecule has 1 aromatic carbocycles. The van der Waals surface area contributed by atoms with E-state index >= 15 is 0 Å². The van der Waals surface area contributed by atoms with Crippen molar-refractivity contribution >= 4 is 5.97 Å². The summed E-state index contributed by atoms with van der Waals surface area (Å²) in [6.45, 7) is 1.30. The lowest BCUT2D eigenvalue weighted by atomic mass is 10.1. The molecular weight excluding hydrogens is 299 g/mol. The Hall–Kier alpha value is -2.57. The summed E-state index contributed by atoms with van der Waals surface area (Å²) in [6.07, 6.45) is -4.53. The van der Waals surface area contributed by atoms with Crippen LogP contribution >= 0.6 is 0 Å². The molecule has 4 nitrogen and oxygen atoms in total. The molecule has 116 valence electrons. The highest BCUT2D eigenvalue weighted by atomic mass is 19.4. The van der Waals surface area contributed by atoms with E-state index in [0.717, 1.165) is 6.07 Å². The first kappa shape index (κ1) is 15.8. The molecule has 1 N–H and O–H groups in total. The molecule has 0 saturated heterocycles. The lowest BCUT2D eigenvalue weighted by molar-refractivity contribution is -0.139. The second kappa shape index (κ2) is 6.05. The van der Waals surface area contributed by atoms with Crippen LogP contribution in [0.3, 0.4) is 0 Å². The highest BCUT2D eigenvalue weighted by molar-refractivity contribution is 5.85. The molecule has 0 aliphatic rings. The van der Waals surface area contributed by atoms with Crippen LogP contribution in [0.25, 0.3) is 0 Å². The molecule has 0 amide bonds. The number of benzene rings is 1. The number of carbonyl (C=O) groups is 1. The molecule has 0 saturated carbocycles. The molecule has 0 radical (unpaired) electrons. The van der Waals surface area contributed by atoms with Crippen molar-refractivity contribution < 1.29 is 27.8 Å². The maximum absolute atomic E-state index is 13.0. The van der Waals surface area contributed by atoms with Gasteiger partial charge in [0, 0.05) is 0 Å². The Bertz CT molecular complexity index is 699. The largest absolute Gasteiger partial charge is 0.487 e. The smallest absolute Gasteiger partial charge is 0.419 e. The van der Waals surface area contributed by atoms with Gasteiger partial charge in [-0.2, -0.15) is 13.2 Å². The summed E-state index contributed by atoms with van der Waals surface area (Å²) in [4.78, 5) is 14.6. The third-order valence-electron chi connectivity index (χ3n) is 2.84. The van der Waals surface area contributed by atoms with Crippen molar-refractivity contribution in [3.8, 4) is 5.75 Å². The normalized spacial score (nSPS) is 11.3. The molecule has 0 spiro atoms. The number of aromatic carboxylic acids is 1. The molecule has 0 aliphatic heterocycles. The minimum Gasteiger partial charge on any atom is -0.487 e. The standard InChI is InChI=1S/C15H12F3NO3/c1-9-5-6-13(11(7-9)15(16,17)18)22-8-10-3-2-4-12(19-10)14(20)21/h2-7H,8H2,1H3,(H,20,21). The molecule has 0 fully saturated rings. The van der Waals surface area contributed by atoms with Crippen LogP contribution in [-0.2, 0) is 12.8 Å². The van der Waals surface area contributed by atoms with E-state index in [4.69, 9.17) is 9.84 Å². The third-order valence-corrected chi connectivity index (χ3v) is 2.84. The van der Waals surface area contributed by atoms with E-state index in [-0.39, 0.29) is 23.7 Å². The van der Waals surface area contributed by atoms with E-state index in [0.29, 0.717) is 5.56 Å². The van der Waals surface area contributed by atoms with Gasteiger partial charge in [0.1, 0.15) is 18.1 Å². The zero-order chi connectivity index (χ0) is 16.3. The van der Waals surface area contributed by atoms with Crippen LogP contribution in [0.5, 0.6) is 5.75 Å². The summed E-state index contributed by atoms with van der Waals surface area (Å²) in [6, 6.07) is 7.96.